The van der Waals surface area contributed by atoms with Crippen LogP contribution < -0.4 is 10.6 Å². The average Bonchev–Trinajstić information content (AvgIpc) is 2.97. The Balaban J connectivity index is 1.27. The van der Waals surface area contributed by atoms with Crippen LogP contribution in [0.3, 0.4) is 0 Å². The van der Waals surface area contributed by atoms with Crippen LogP contribution in [0.2, 0.25) is 15.1 Å². The van der Waals surface area contributed by atoms with Crippen molar-refractivity contribution in [2.75, 3.05) is 6.54 Å². The van der Waals surface area contributed by atoms with Gasteiger partial charge in [0.1, 0.15) is 0 Å². The van der Waals surface area contributed by atoms with Crippen molar-refractivity contribution < 1.29 is 9.59 Å². The maximum Gasteiger partial charge on any atom is 0.253 e. The lowest BCUT2D eigenvalue weighted by Gasteiger charge is -2.39. The van der Waals surface area contributed by atoms with Gasteiger partial charge in [-0.05, 0) is 61.6 Å². The van der Waals surface area contributed by atoms with Crippen LogP contribution in [-0.2, 0) is 11.3 Å². The normalized spacial score (nSPS) is 22.9. The molecule has 2 saturated heterocycles. The second kappa shape index (κ2) is 9.78. The molecule has 2 aromatic rings. The van der Waals surface area contributed by atoms with Crippen molar-refractivity contribution in [3.63, 3.8) is 0 Å². The number of benzene rings is 2. The molecule has 2 aromatic carbocycles. The molecule has 2 amide bonds. The summed E-state index contributed by atoms with van der Waals surface area (Å²) >= 11 is 18.0. The van der Waals surface area contributed by atoms with Crippen molar-refractivity contribution in [1.29, 1.82) is 0 Å². The molecule has 2 N–H and O–H groups in total. The van der Waals surface area contributed by atoms with Gasteiger partial charge in [-0.25, -0.2) is 0 Å². The van der Waals surface area contributed by atoms with Crippen molar-refractivity contribution >= 4 is 46.6 Å². The quantitative estimate of drug-likeness (QED) is 0.631. The third-order valence-corrected chi connectivity index (χ3v) is 6.93. The van der Waals surface area contributed by atoms with E-state index in [1.165, 1.54) is 11.6 Å². The molecule has 3 atom stereocenters. The van der Waals surface area contributed by atoms with Gasteiger partial charge in [-0.3, -0.25) is 14.5 Å². The van der Waals surface area contributed by atoms with Gasteiger partial charge in [0.05, 0.1) is 17.1 Å². The molecular weight excluding hydrogens is 457 g/mol. The summed E-state index contributed by atoms with van der Waals surface area (Å²) in [6.07, 6.45) is 4.14. The van der Waals surface area contributed by atoms with E-state index < -0.39 is 5.91 Å². The second-order valence-corrected chi connectivity index (χ2v) is 9.51. The number of hydrogen-bond acceptors (Lipinski definition) is 3. The largest absolute Gasteiger partial charge is 0.352 e. The van der Waals surface area contributed by atoms with Gasteiger partial charge in [0, 0.05) is 34.7 Å². The molecule has 0 aromatic heterocycles. The summed E-state index contributed by atoms with van der Waals surface area (Å²) < 4.78 is 0. The Bertz CT molecular complexity index is 953. The van der Waals surface area contributed by atoms with E-state index in [4.69, 9.17) is 34.8 Å². The summed E-state index contributed by atoms with van der Waals surface area (Å²) in [5.74, 6) is -0.609. The number of carbonyl (C=O) groups excluding carboxylic acids is 2. The predicted molar refractivity (Wildman–Crippen MR) is 124 cm³/mol. The van der Waals surface area contributed by atoms with Crippen LogP contribution in [0.1, 0.15) is 41.6 Å². The molecule has 2 fully saturated rings. The Hall–Kier alpha value is -1.79. The van der Waals surface area contributed by atoms with Gasteiger partial charge in [-0.15, -0.1) is 0 Å². The first-order valence-electron chi connectivity index (χ1n) is 10.4. The molecule has 2 heterocycles. The molecule has 31 heavy (non-hydrogen) atoms. The van der Waals surface area contributed by atoms with E-state index >= 15 is 0 Å². The Morgan fingerprint density at radius 1 is 0.935 bits per heavy atom. The molecule has 2 aliphatic heterocycles. The lowest BCUT2D eigenvalue weighted by atomic mass is 9.96. The topological polar surface area (TPSA) is 61.4 Å². The number of fused-ring (bicyclic) bond motifs is 2. The van der Waals surface area contributed by atoms with Gasteiger partial charge in [0.2, 0.25) is 5.91 Å². The minimum absolute atomic E-state index is 0.0952. The van der Waals surface area contributed by atoms with E-state index in [-0.39, 0.29) is 24.1 Å². The molecule has 5 nitrogen and oxygen atoms in total. The Morgan fingerprint density at radius 2 is 1.58 bits per heavy atom. The Morgan fingerprint density at radius 3 is 2.26 bits per heavy atom. The van der Waals surface area contributed by atoms with Gasteiger partial charge in [-0.2, -0.15) is 0 Å². The zero-order valence-electron chi connectivity index (χ0n) is 16.9. The van der Waals surface area contributed by atoms with Gasteiger partial charge in [0.25, 0.3) is 5.91 Å². The summed E-state index contributed by atoms with van der Waals surface area (Å²) in [4.78, 5) is 27.3. The lowest BCUT2D eigenvalue weighted by molar-refractivity contribution is -0.121. The van der Waals surface area contributed by atoms with Crippen molar-refractivity contribution in [1.82, 2.24) is 15.5 Å². The standard InChI is InChI=1S/C23H24Cl3N3O2/c24-15-3-1-14(2-4-15)13-29-18-6-7-19(29)11-17(10-18)28-22(30)12-27-23(31)20-9-16(25)5-8-21(20)26/h1-5,8-9,17-19H,6-7,10-13H2,(H,27,31)(H,28,30)/t17?,18-,19+. The minimum atomic E-state index is -0.416. The highest BCUT2D eigenvalue weighted by Gasteiger charge is 2.40. The van der Waals surface area contributed by atoms with Crippen molar-refractivity contribution in [3.8, 4) is 0 Å². The highest BCUT2D eigenvalue weighted by Crippen LogP contribution is 2.37. The zero-order valence-corrected chi connectivity index (χ0v) is 19.2. The van der Waals surface area contributed by atoms with Gasteiger partial charge < -0.3 is 10.6 Å². The molecule has 4 rings (SSSR count). The number of hydrogen-bond donors (Lipinski definition) is 2. The number of halogens is 3. The van der Waals surface area contributed by atoms with Crippen LogP contribution in [0.5, 0.6) is 0 Å². The van der Waals surface area contributed by atoms with E-state index in [1.807, 2.05) is 12.1 Å². The maximum absolute atomic E-state index is 12.4. The molecular formula is C23H24Cl3N3O2. The Labute approximate surface area is 197 Å². The van der Waals surface area contributed by atoms with E-state index in [1.54, 1.807) is 12.1 Å². The van der Waals surface area contributed by atoms with E-state index in [0.29, 0.717) is 22.1 Å². The number of nitrogens with one attached hydrogen (secondary N) is 2. The summed E-state index contributed by atoms with van der Waals surface area (Å²) in [6, 6.07) is 13.7. The van der Waals surface area contributed by atoms with Crippen LogP contribution in [0.4, 0.5) is 0 Å². The van der Waals surface area contributed by atoms with Crippen molar-refractivity contribution in [3.05, 3.63) is 68.7 Å². The third kappa shape index (κ3) is 5.53. The first-order valence-corrected chi connectivity index (χ1v) is 11.5. The number of amides is 2. The lowest BCUT2D eigenvalue weighted by Crippen LogP contribution is -2.51. The number of rotatable bonds is 6. The smallest absolute Gasteiger partial charge is 0.253 e. The molecule has 2 aliphatic rings. The van der Waals surface area contributed by atoms with Crippen LogP contribution in [0, 0.1) is 0 Å². The molecule has 2 bridgehead atoms. The molecule has 0 radical (unpaired) electrons. The second-order valence-electron chi connectivity index (χ2n) is 8.23. The van der Waals surface area contributed by atoms with Gasteiger partial charge in [-0.1, -0.05) is 46.9 Å². The molecule has 0 spiro atoms. The molecule has 8 heteroatoms. The summed E-state index contributed by atoms with van der Waals surface area (Å²) in [5, 5.41) is 7.18. The Kier molecular flexibility index (Phi) is 7.07. The minimum Gasteiger partial charge on any atom is -0.352 e. The molecule has 0 aliphatic carbocycles. The van der Waals surface area contributed by atoms with Gasteiger partial charge >= 0.3 is 0 Å². The van der Waals surface area contributed by atoms with Crippen molar-refractivity contribution in [2.24, 2.45) is 0 Å². The van der Waals surface area contributed by atoms with Crippen molar-refractivity contribution in [2.45, 2.75) is 50.4 Å². The third-order valence-electron chi connectivity index (χ3n) is 6.11. The summed E-state index contributed by atoms with van der Waals surface area (Å²) in [7, 11) is 0. The fourth-order valence-electron chi connectivity index (χ4n) is 4.66. The fraction of sp³-hybridized carbons (Fsp3) is 0.391. The first-order chi connectivity index (χ1) is 14.9. The van der Waals surface area contributed by atoms with Crippen LogP contribution in [0.15, 0.2) is 42.5 Å². The zero-order chi connectivity index (χ0) is 22.0. The predicted octanol–water partition coefficient (Wildman–Crippen LogP) is 4.69. The SMILES string of the molecule is O=C(CNC(=O)c1cc(Cl)ccc1Cl)NC1C[C@H]2CC[C@@H](C1)N2Cc1ccc(Cl)cc1. The van der Waals surface area contributed by atoms with E-state index in [0.717, 1.165) is 37.3 Å². The molecule has 1 unspecified atom stereocenters. The summed E-state index contributed by atoms with van der Waals surface area (Å²) in [6.45, 7) is 0.811. The maximum atomic E-state index is 12.4. The van der Waals surface area contributed by atoms with Gasteiger partial charge in [0.15, 0.2) is 0 Å². The fourth-order valence-corrected chi connectivity index (χ4v) is 5.16. The van der Waals surface area contributed by atoms with E-state index in [9.17, 15) is 9.59 Å². The van der Waals surface area contributed by atoms with Crippen LogP contribution in [-0.4, -0.2) is 41.4 Å². The molecule has 164 valence electrons. The average molecular weight is 481 g/mol. The van der Waals surface area contributed by atoms with E-state index in [2.05, 4.69) is 27.7 Å². The monoisotopic (exact) mass is 479 g/mol. The van der Waals surface area contributed by atoms with Crippen LogP contribution in [0.25, 0.3) is 0 Å². The molecule has 0 saturated carbocycles. The first kappa shape index (κ1) is 22.4. The number of carbonyl (C=O) groups is 2. The number of nitrogens with zero attached hydrogens (tertiary/aromatic N) is 1. The van der Waals surface area contributed by atoms with Crippen LogP contribution >= 0.6 is 34.8 Å². The highest BCUT2D eigenvalue weighted by atomic mass is 35.5. The number of piperidine rings is 1. The summed E-state index contributed by atoms with van der Waals surface area (Å²) in [5.41, 5.74) is 1.52. The highest BCUT2D eigenvalue weighted by molar-refractivity contribution is 6.35.